The molecule has 9 heteroatoms. The second-order valence-corrected chi connectivity index (χ2v) is 8.69. The summed E-state index contributed by atoms with van der Waals surface area (Å²) >= 11 is 0. The van der Waals surface area contributed by atoms with Gasteiger partial charge in [-0.15, -0.1) is 0 Å². The van der Waals surface area contributed by atoms with Crippen molar-refractivity contribution in [3.8, 4) is 28.7 Å². The van der Waals surface area contributed by atoms with Crippen LogP contribution in [0.5, 0.6) is 28.7 Å². The number of nitrogens with zero attached hydrogens (tertiary/aromatic N) is 1. The number of carbonyl (C=O) groups is 2. The number of amides is 2. The molecule has 1 N–H and O–H groups in total. The smallest absolute Gasteiger partial charge is 0.254 e. The lowest BCUT2D eigenvalue weighted by Crippen LogP contribution is -2.44. The Kier molecular flexibility index (Phi) is 7.95. The van der Waals surface area contributed by atoms with Crippen LogP contribution in [0.3, 0.4) is 0 Å². The number of hydrogen-bond acceptors (Lipinski definition) is 7. The number of rotatable bonds is 9. The fourth-order valence-corrected chi connectivity index (χ4v) is 4.81. The van der Waals surface area contributed by atoms with Gasteiger partial charge in [-0.05, 0) is 66.6 Å². The third-order valence-electron chi connectivity index (χ3n) is 6.64. The van der Waals surface area contributed by atoms with Crippen LogP contribution in [0.2, 0.25) is 0 Å². The Morgan fingerprint density at radius 2 is 1.45 bits per heavy atom. The molecule has 2 unspecified atom stereocenters. The predicted molar refractivity (Wildman–Crippen MR) is 143 cm³/mol. The largest absolute Gasteiger partial charge is 0.494 e. The van der Waals surface area contributed by atoms with E-state index in [1.807, 2.05) is 13.0 Å². The van der Waals surface area contributed by atoms with Crippen LogP contribution >= 0.6 is 0 Å². The monoisotopic (exact) mass is 520 g/mol. The van der Waals surface area contributed by atoms with Gasteiger partial charge < -0.3 is 33.9 Å². The first-order valence-electron chi connectivity index (χ1n) is 12.2. The number of nitrogens with one attached hydrogen (secondary N) is 1. The molecule has 2 atom stereocenters. The molecule has 9 nitrogen and oxygen atoms in total. The van der Waals surface area contributed by atoms with E-state index in [2.05, 4.69) is 5.32 Å². The van der Waals surface area contributed by atoms with Crippen LogP contribution in [-0.2, 0) is 4.79 Å². The summed E-state index contributed by atoms with van der Waals surface area (Å²) in [7, 11) is 7.79. The summed E-state index contributed by atoms with van der Waals surface area (Å²) in [6.45, 7) is 2.45. The van der Waals surface area contributed by atoms with Gasteiger partial charge in [0, 0.05) is 18.3 Å². The van der Waals surface area contributed by atoms with Crippen molar-refractivity contribution in [1.29, 1.82) is 0 Å². The summed E-state index contributed by atoms with van der Waals surface area (Å²) in [5.74, 6) is 1.26. The molecule has 0 saturated carbocycles. The van der Waals surface area contributed by atoms with Crippen molar-refractivity contribution < 1.29 is 33.3 Å². The molecule has 1 heterocycles. The number of hydrogen-bond donors (Lipinski definition) is 1. The number of methoxy groups -OCH3 is 4. The molecule has 3 aromatic rings. The molecule has 1 aliphatic rings. The Labute approximate surface area is 222 Å². The minimum absolute atomic E-state index is 0.245. The Morgan fingerprint density at radius 1 is 0.842 bits per heavy atom. The van der Waals surface area contributed by atoms with Crippen LogP contribution in [-0.4, -0.2) is 58.8 Å². The molecule has 0 fully saturated rings. The molecule has 0 aromatic heterocycles. The van der Waals surface area contributed by atoms with Gasteiger partial charge >= 0.3 is 0 Å². The van der Waals surface area contributed by atoms with E-state index < -0.39 is 12.0 Å². The highest BCUT2D eigenvalue weighted by Crippen LogP contribution is 2.47. The van der Waals surface area contributed by atoms with E-state index in [0.717, 1.165) is 0 Å². The van der Waals surface area contributed by atoms with Gasteiger partial charge in [0.05, 0.1) is 47.0 Å². The average molecular weight is 521 g/mol. The standard InChI is InChI=1S/C29H32N2O7/c1-7-38-19-11-9-18(10-12-19)30-28(32)26-20-15-24(36-5)25(37-6)16-21(20)29(33)31(2)27(26)17-8-13-22(34-3)23(14-17)35-4/h8-16,26-27H,7H2,1-6H3,(H,30,32). The Morgan fingerprint density at radius 3 is 2.05 bits per heavy atom. The van der Waals surface area contributed by atoms with Crippen LogP contribution in [0, 0.1) is 0 Å². The van der Waals surface area contributed by atoms with Crippen LogP contribution in [0.1, 0.15) is 40.4 Å². The molecule has 0 radical (unpaired) electrons. The number of carbonyl (C=O) groups excluding carboxylic acids is 2. The van der Waals surface area contributed by atoms with Crippen molar-refractivity contribution in [2.45, 2.75) is 18.9 Å². The van der Waals surface area contributed by atoms with Crippen molar-refractivity contribution >= 4 is 17.5 Å². The predicted octanol–water partition coefficient (Wildman–Crippen LogP) is 4.67. The summed E-state index contributed by atoms with van der Waals surface area (Å²) in [6.07, 6.45) is 0. The van der Waals surface area contributed by atoms with Crippen molar-refractivity contribution in [2.75, 3.05) is 47.4 Å². The second-order valence-electron chi connectivity index (χ2n) is 8.69. The lowest BCUT2D eigenvalue weighted by molar-refractivity contribution is -0.119. The zero-order valence-corrected chi connectivity index (χ0v) is 22.4. The number of likely N-dealkylation sites (N-methyl/N-ethyl adjacent to an activating group) is 1. The first-order chi connectivity index (χ1) is 18.4. The Bertz CT molecular complexity index is 1320. The summed E-state index contributed by atoms with van der Waals surface area (Å²) in [4.78, 5) is 29.2. The van der Waals surface area contributed by atoms with E-state index >= 15 is 0 Å². The fraction of sp³-hybridized carbons (Fsp3) is 0.310. The minimum atomic E-state index is -0.780. The third kappa shape index (κ3) is 4.91. The van der Waals surface area contributed by atoms with Crippen LogP contribution in [0.15, 0.2) is 54.6 Å². The molecule has 0 aliphatic carbocycles. The van der Waals surface area contributed by atoms with E-state index in [1.165, 1.54) is 14.2 Å². The van der Waals surface area contributed by atoms with Gasteiger partial charge in [-0.1, -0.05) is 6.07 Å². The van der Waals surface area contributed by atoms with Crippen molar-refractivity contribution in [3.05, 3.63) is 71.3 Å². The van der Waals surface area contributed by atoms with Gasteiger partial charge in [0.25, 0.3) is 5.91 Å². The maximum atomic E-state index is 14.0. The summed E-state index contributed by atoms with van der Waals surface area (Å²) in [5.41, 5.74) is 2.22. The summed E-state index contributed by atoms with van der Waals surface area (Å²) < 4.78 is 27.4. The molecule has 1 aliphatic heterocycles. The molecule has 3 aromatic carbocycles. The zero-order chi connectivity index (χ0) is 27.4. The molecular weight excluding hydrogens is 488 g/mol. The maximum Gasteiger partial charge on any atom is 0.254 e. The molecule has 38 heavy (non-hydrogen) atoms. The van der Waals surface area contributed by atoms with Gasteiger partial charge in [0.2, 0.25) is 5.91 Å². The second kappa shape index (κ2) is 11.3. The van der Waals surface area contributed by atoms with E-state index in [4.69, 9.17) is 23.7 Å². The third-order valence-corrected chi connectivity index (χ3v) is 6.64. The number of ether oxygens (including phenoxy) is 5. The lowest BCUT2D eigenvalue weighted by atomic mass is 9.79. The first-order valence-corrected chi connectivity index (χ1v) is 12.2. The van der Waals surface area contributed by atoms with Crippen molar-refractivity contribution in [3.63, 3.8) is 0 Å². The molecule has 4 rings (SSSR count). The number of fused-ring (bicyclic) bond motifs is 1. The fourth-order valence-electron chi connectivity index (χ4n) is 4.81. The van der Waals surface area contributed by atoms with Crippen molar-refractivity contribution in [2.24, 2.45) is 0 Å². The van der Waals surface area contributed by atoms with E-state index in [-0.39, 0.29) is 11.8 Å². The normalized spacial score (nSPS) is 16.4. The molecule has 0 spiro atoms. The zero-order valence-electron chi connectivity index (χ0n) is 22.4. The highest BCUT2D eigenvalue weighted by atomic mass is 16.5. The molecular formula is C29H32N2O7. The quantitative estimate of drug-likeness (QED) is 0.438. The molecule has 0 saturated heterocycles. The summed E-state index contributed by atoms with van der Waals surface area (Å²) in [5, 5.41) is 3.01. The number of benzene rings is 3. The number of anilines is 1. The van der Waals surface area contributed by atoms with Crippen LogP contribution in [0.25, 0.3) is 0 Å². The maximum absolute atomic E-state index is 14.0. The van der Waals surface area contributed by atoms with E-state index in [1.54, 1.807) is 74.7 Å². The van der Waals surface area contributed by atoms with Crippen molar-refractivity contribution in [1.82, 2.24) is 4.90 Å². The summed E-state index contributed by atoms with van der Waals surface area (Å²) in [6, 6.07) is 15.2. The van der Waals surface area contributed by atoms with Crippen LogP contribution in [0.4, 0.5) is 5.69 Å². The lowest BCUT2D eigenvalue weighted by Gasteiger charge is -2.40. The highest BCUT2D eigenvalue weighted by Gasteiger charge is 2.44. The van der Waals surface area contributed by atoms with Gasteiger partial charge in [0.1, 0.15) is 5.75 Å². The van der Waals surface area contributed by atoms with E-state index in [9.17, 15) is 9.59 Å². The van der Waals surface area contributed by atoms with Gasteiger partial charge in [-0.3, -0.25) is 9.59 Å². The molecule has 2 amide bonds. The Balaban J connectivity index is 1.85. The van der Waals surface area contributed by atoms with E-state index in [0.29, 0.717) is 57.7 Å². The van der Waals surface area contributed by atoms with Gasteiger partial charge in [-0.25, -0.2) is 0 Å². The Hall–Kier alpha value is -4.40. The van der Waals surface area contributed by atoms with Gasteiger partial charge in [-0.2, -0.15) is 0 Å². The highest BCUT2D eigenvalue weighted by molar-refractivity contribution is 6.05. The average Bonchev–Trinajstić information content (AvgIpc) is 2.94. The SMILES string of the molecule is CCOc1ccc(NC(=O)C2c3cc(OC)c(OC)cc3C(=O)N(C)C2c2ccc(OC)c(OC)c2)cc1. The molecule has 200 valence electrons. The minimum Gasteiger partial charge on any atom is -0.494 e. The topological polar surface area (TPSA) is 95.6 Å². The van der Waals surface area contributed by atoms with Crippen LogP contribution < -0.4 is 29.0 Å². The molecule has 0 bridgehead atoms. The first kappa shape index (κ1) is 26.7. The van der Waals surface area contributed by atoms with Gasteiger partial charge in [0.15, 0.2) is 23.0 Å².